The molecule has 2 fully saturated rings. The molecule has 3 aliphatic rings. The maximum absolute atomic E-state index is 5.89. The summed E-state index contributed by atoms with van der Waals surface area (Å²) in [7, 11) is 2.00. The molecular formula is C22H31N5O2. The molecule has 1 unspecified atom stereocenters. The Hall–Kier alpha value is -2.09. The zero-order valence-electron chi connectivity index (χ0n) is 17.3. The minimum atomic E-state index is 0.690. The zero-order chi connectivity index (χ0) is 19.6. The highest BCUT2D eigenvalue weighted by molar-refractivity contribution is 5.66. The third-order valence-electron chi connectivity index (χ3n) is 6.23. The van der Waals surface area contributed by atoms with Crippen LogP contribution in [0.4, 0.5) is 0 Å². The van der Waals surface area contributed by atoms with E-state index in [4.69, 9.17) is 14.6 Å². The lowest BCUT2D eigenvalue weighted by molar-refractivity contribution is 0.170. The smallest absolute Gasteiger partial charge is 0.161 e. The summed E-state index contributed by atoms with van der Waals surface area (Å²) in [6.45, 7) is 9.25. The van der Waals surface area contributed by atoms with Crippen molar-refractivity contribution in [2.45, 2.75) is 25.4 Å². The van der Waals surface area contributed by atoms with E-state index in [0.29, 0.717) is 19.3 Å². The molecule has 0 amide bonds. The molecule has 0 saturated carbocycles. The number of benzene rings is 1. The standard InChI is InChI=1S/C22H31N5O2/c1-25-14-18(15-26-8-5-19(16-26)27-9-6-23-7-10-27)22(24-25)17-3-4-20-21(13-17)29-12-2-11-28-20/h3-4,13-14,19,23H,2,5-12,15-16H2,1H3. The Bertz CT molecular complexity index is 846. The van der Waals surface area contributed by atoms with Crippen molar-refractivity contribution in [2.24, 2.45) is 7.05 Å². The number of nitrogens with zero attached hydrogens (tertiary/aromatic N) is 4. The number of aryl methyl sites for hydroxylation is 1. The fourth-order valence-electron chi connectivity index (χ4n) is 4.75. The van der Waals surface area contributed by atoms with E-state index in [9.17, 15) is 0 Å². The van der Waals surface area contributed by atoms with E-state index in [1.165, 1.54) is 25.1 Å². The van der Waals surface area contributed by atoms with Crippen LogP contribution < -0.4 is 14.8 Å². The Morgan fingerprint density at radius 3 is 2.79 bits per heavy atom. The molecule has 0 spiro atoms. The van der Waals surface area contributed by atoms with E-state index < -0.39 is 0 Å². The van der Waals surface area contributed by atoms with Crippen LogP contribution in [0.5, 0.6) is 11.5 Å². The van der Waals surface area contributed by atoms with Gasteiger partial charge in [-0.2, -0.15) is 5.10 Å². The van der Waals surface area contributed by atoms with E-state index in [1.807, 2.05) is 17.8 Å². The third-order valence-corrected chi connectivity index (χ3v) is 6.23. The summed E-state index contributed by atoms with van der Waals surface area (Å²) in [5, 5.41) is 8.24. The zero-order valence-corrected chi connectivity index (χ0v) is 17.3. The van der Waals surface area contributed by atoms with Crippen molar-refractivity contribution in [1.29, 1.82) is 0 Å². The first-order chi connectivity index (χ1) is 14.3. The van der Waals surface area contributed by atoms with E-state index in [0.717, 1.165) is 61.9 Å². The van der Waals surface area contributed by atoms with Crippen LogP contribution in [0.25, 0.3) is 11.3 Å². The molecule has 2 saturated heterocycles. The molecule has 156 valence electrons. The summed E-state index contributed by atoms with van der Waals surface area (Å²) in [5.41, 5.74) is 3.43. The lowest BCUT2D eigenvalue weighted by Gasteiger charge is -2.32. The molecule has 1 N–H and O–H groups in total. The Morgan fingerprint density at radius 1 is 1.10 bits per heavy atom. The number of hydrogen-bond donors (Lipinski definition) is 1. The Labute approximate surface area is 172 Å². The van der Waals surface area contributed by atoms with Gasteiger partial charge in [0, 0.05) is 82.6 Å². The molecule has 2 aromatic rings. The second-order valence-electron chi connectivity index (χ2n) is 8.35. The van der Waals surface area contributed by atoms with Gasteiger partial charge in [-0.05, 0) is 24.6 Å². The van der Waals surface area contributed by atoms with Gasteiger partial charge in [-0.1, -0.05) is 0 Å². The van der Waals surface area contributed by atoms with Crippen LogP contribution in [0.3, 0.4) is 0 Å². The molecule has 3 aliphatic heterocycles. The van der Waals surface area contributed by atoms with Gasteiger partial charge >= 0.3 is 0 Å². The molecule has 7 nitrogen and oxygen atoms in total. The highest BCUT2D eigenvalue weighted by atomic mass is 16.5. The predicted octanol–water partition coefficient (Wildman–Crippen LogP) is 1.73. The quantitative estimate of drug-likeness (QED) is 0.848. The first-order valence-corrected chi connectivity index (χ1v) is 10.9. The molecule has 1 atom stereocenters. The monoisotopic (exact) mass is 397 g/mol. The average molecular weight is 398 g/mol. The topological polar surface area (TPSA) is 54.8 Å². The second kappa shape index (κ2) is 8.34. The molecule has 1 aromatic heterocycles. The van der Waals surface area contributed by atoms with Gasteiger partial charge in [0.2, 0.25) is 0 Å². The highest BCUT2D eigenvalue weighted by Crippen LogP contribution is 2.35. The van der Waals surface area contributed by atoms with Crippen molar-refractivity contribution < 1.29 is 9.47 Å². The Balaban J connectivity index is 1.32. The molecule has 4 heterocycles. The lowest BCUT2D eigenvalue weighted by Crippen LogP contribution is -2.49. The van der Waals surface area contributed by atoms with Crippen molar-refractivity contribution in [3.63, 3.8) is 0 Å². The third kappa shape index (κ3) is 4.13. The molecule has 0 aliphatic carbocycles. The van der Waals surface area contributed by atoms with Crippen LogP contribution in [0.1, 0.15) is 18.4 Å². The number of piperazine rings is 1. The summed E-state index contributed by atoms with van der Waals surface area (Å²) >= 11 is 0. The van der Waals surface area contributed by atoms with Crippen LogP contribution in [-0.2, 0) is 13.6 Å². The minimum absolute atomic E-state index is 0.690. The van der Waals surface area contributed by atoms with E-state index in [1.54, 1.807) is 0 Å². The maximum Gasteiger partial charge on any atom is 0.161 e. The summed E-state index contributed by atoms with van der Waals surface area (Å²) < 4.78 is 13.6. The second-order valence-corrected chi connectivity index (χ2v) is 8.35. The van der Waals surface area contributed by atoms with Gasteiger partial charge in [0.1, 0.15) is 0 Å². The van der Waals surface area contributed by atoms with Crippen molar-refractivity contribution in [3.05, 3.63) is 30.0 Å². The SMILES string of the molecule is Cn1cc(CN2CCC(N3CCNCC3)C2)c(-c2ccc3c(c2)OCCCO3)n1. The normalized spacial score (nSPS) is 23.3. The van der Waals surface area contributed by atoms with Crippen molar-refractivity contribution in [2.75, 3.05) is 52.5 Å². The number of aromatic nitrogens is 2. The first-order valence-electron chi connectivity index (χ1n) is 10.9. The molecule has 7 heteroatoms. The largest absolute Gasteiger partial charge is 0.490 e. The molecule has 5 rings (SSSR count). The maximum atomic E-state index is 5.89. The van der Waals surface area contributed by atoms with Crippen LogP contribution in [0.15, 0.2) is 24.4 Å². The predicted molar refractivity (Wildman–Crippen MR) is 112 cm³/mol. The Kier molecular flexibility index (Phi) is 5.44. The molecule has 0 radical (unpaired) electrons. The summed E-state index contributed by atoms with van der Waals surface area (Å²) in [5.74, 6) is 1.67. The lowest BCUT2D eigenvalue weighted by atomic mass is 10.1. The van der Waals surface area contributed by atoms with Gasteiger partial charge in [0.05, 0.1) is 18.9 Å². The number of likely N-dealkylation sites (tertiary alicyclic amines) is 1. The van der Waals surface area contributed by atoms with Gasteiger partial charge in [0.15, 0.2) is 11.5 Å². The van der Waals surface area contributed by atoms with Crippen LogP contribution in [-0.4, -0.2) is 78.1 Å². The number of nitrogens with one attached hydrogen (secondary N) is 1. The summed E-state index contributed by atoms with van der Waals surface area (Å²) in [4.78, 5) is 5.24. The van der Waals surface area contributed by atoms with Gasteiger partial charge < -0.3 is 14.8 Å². The molecular weight excluding hydrogens is 366 g/mol. The van der Waals surface area contributed by atoms with Crippen LogP contribution in [0.2, 0.25) is 0 Å². The average Bonchev–Trinajstić information content (AvgIpc) is 3.28. The number of hydrogen-bond acceptors (Lipinski definition) is 6. The molecule has 29 heavy (non-hydrogen) atoms. The summed E-state index contributed by atoms with van der Waals surface area (Å²) in [6.07, 6.45) is 4.35. The fourth-order valence-corrected chi connectivity index (χ4v) is 4.75. The number of fused-ring (bicyclic) bond motifs is 1. The van der Waals surface area contributed by atoms with Crippen molar-refractivity contribution in [1.82, 2.24) is 24.9 Å². The van der Waals surface area contributed by atoms with Gasteiger partial charge in [-0.3, -0.25) is 14.5 Å². The first kappa shape index (κ1) is 18.9. The van der Waals surface area contributed by atoms with Gasteiger partial charge in [-0.15, -0.1) is 0 Å². The highest BCUT2D eigenvalue weighted by Gasteiger charge is 2.29. The number of rotatable bonds is 4. The Morgan fingerprint density at radius 2 is 1.93 bits per heavy atom. The van der Waals surface area contributed by atoms with E-state index >= 15 is 0 Å². The minimum Gasteiger partial charge on any atom is -0.490 e. The van der Waals surface area contributed by atoms with E-state index in [2.05, 4.69) is 33.4 Å². The van der Waals surface area contributed by atoms with Crippen molar-refractivity contribution >= 4 is 0 Å². The van der Waals surface area contributed by atoms with Crippen LogP contribution in [0, 0.1) is 0 Å². The fraction of sp³-hybridized carbons (Fsp3) is 0.591. The van der Waals surface area contributed by atoms with Gasteiger partial charge in [0.25, 0.3) is 0 Å². The number of ether oxygens (including phenoxy) is 2. The molecule has 1 aromatic carbocycles. The molecule has 0 bridgehead atoms. The van der Waals surface area contributed by atoms with Crippen molar-refractivity contribution in [3.8, 4) is 22.8 Å². The van der Waals surface area contributed by atoms with Gasteiger partial charge in [-0.25, -0.2) is 0 Å². The van der Waals surface area contributed by atoms with E-state index in [-0.39, 0.29) is 0 Å². The summed E-state index contributed by atoms with van der Waals surface area (Å²) in [6, 6.07) is 6.90. The van der Waals surface area contributed by atoms with Crippen LogP contribution >= 0.6 is 0 Å².